The number of rotatable bonds is 9. The normalized spacial score (nSPS) is 22.3. The van der Waals surface area contributed by atoms with E-state index in [0.29, 0.717) is 23.6 Å². The molecule has 0 saturated carbocycles. The van der Waals surface area contributed by atoms with Gasteiger partial charge in [0.25, 0.3) is 10.0 Å². The van der Waals surface area contributed by atoms with E-state index in [9.17, 15) is 18.0 Å². The Morgan fingerprint density at radius 2 is 1.72 bits per heavy atom. The number of hydrogen-bond acceptors (Lipinski definition) is 8. The topological polar surface area (TPSA) is 112 Å². The lowest BCUT2D eigenvalue weighted by Crippen LogP contribution is -2.62. The van der Waals surface area contributed by atoms with Gasteiger partial charge in [-0.05, 0) is 48.4 Å². The van der Waals surface area contributed by atoms with Crippen molar-refractivity contribution in [3.05, 3.63) is 54.1 Å². The highest BCUT2D eigenvalue weighted by Gasteiger charge is 2.66. The molecule has 1 amide bonds. The summed E-state index contributed by atoms with van der Waals surface area (Å²) in [6.45, 7) is 6.87. The fourth-order valence-electron chi connectivity index (χ4n) is 5.38. The highest BCUT2D eigenvalue weighted by Crippen LogP contribution is 2.56. The quantitative estimate of drug-likeness (QED) is 0.250. The summed E-state index contributed by atoms with van der Waals surface area (Å²) in [6, 6.07) is 13.9. The summed E-state index contributed by atoms with van der Waals surface area (Å²) in [5.74, 6) is -0.748. The van der Waals surface area contributed by atoms with E-state index in [-0.39, 0.29) is 17.9 Å². The average Bonchev–Trinajstić information content (AvgIpc) is 3.41. The summed E-state index contributed by atoms with van der Waals surface area (Å²) in [6.07, 6.45) is -1.87. The lowest BCUT2D eigenvalue weighted by atomic mass is 9.89. The van der Waals surface area contributed by atoms with Crippen molar-refractivity contribution < 1.29 is 37.0 Å². The second-order valence-electron chi connectivity index (χ2n) is 11.0. The number of fused-ring (bicyclic) bond motifs is 3. The Labute approximate surface area is 230 Å². The van der Waals surface area contributed by atoms with Crippen LogP contribution in [-0.4, -0.2) is 79.7 Å². The van der Waals surface area contributed by atoms with Gasteiger partial charge in [-0.15, -0.1) is 0 Å². The molecule has 39 heavy (non-hydrogen) atoms. The fourth-order valence-corrected chi connectivity index (χ4v) is 7.81. The van der Waals surface area contributed by atoms with Gasteiger partial charge in [0.1, 0.15) is 11.9 Å². The Balaban J connectivity index is 1.89. The first-order valence-electron chi connectivity index (χ1n) is 12.7. The molecule has 2 heterocycles. The van der Waals surface area contributed by atoms with Gasteiger partial charge < -0.3 is 18.9 Å². The van der Waals surface area contributed by atoms with Crippen LogP contribution in [0.15, 0.2) is 53.4 Å². The van der Waals surface area contributed by atoms with E-state index >= 15 is 0 Å². The molecule has 0 aliphatic carbocycles. The van der Waals surface area contributed by atoms with Crippen molar-refractivity contribution in [3.63, 3.8) is 0 Å². The van der Waals surface area contributed by atoms with E-state index in [2.05, 4.69) is 19.6 Å². The van der Waals surface area contributed by atoms with E-state index in [1.807, 2.05) is 0 Å². The minimum absolute atomic E-state index is 0.0548. The summed E-state index contributed by atoms with van der Waals surface area (Å²) in [4.78, 5) is 28.2. The number of hydrogen-bond donors (Lipinski definition) is 0. The van der Waals surface area contributed by atoms with Crippen molar-refractivity contribution in [1.82, 2.24) is 4.90 Å². The molecule has 0 spiro atoms. The molecule has 0 radical (unpaired) electrons. The Bertz CT molecular complexity index is 1330. The number of likely N-dealkylation sites (tertiary alicyclic amines) is 1. The molecule has 0 N–H and O–H groups in total. The zero-order valence-electron chi connectivity index (χ0n) is 23.2. The number of sulfonamides is 1. The number of carbonyl (C=O) groups is 2. The summed E-state index contributed by atoms with van der Waals surface area (Å²) >= 11 is 0. The van der Waals surface area contributed by atoms with Crippen LogP contribution < -0.4 is 9.04 Å². The number of nitrogens with zero attached hydrogens (tertiary/aromatic N) is 2. The third-order valence-corrected chi connectivity index (χ3v) is 10.8. The second-order valence-corrected chi connectivity index (χ2v) is 18.4. The molecule has 4 rings (SSSR count). The van der Waals surface area contributed by atoms with E-state index in [1.54, 1.807) is 36.4 Å². The van der Waals surface area contributed by atoms with Crippen molar-refractivity contribution in [2.45, 2.75) is 54.6 Å². The van der Waals surface area contributed by atoms with Gasteiger partial charge in [0.05, 0.1) is 38.5 Å². The van der Waals surface area contributed by atoms with Gasteiger partial charge in [-0.2, -0.15) is 0 Å². The molecule has 0 aromatic heterocycles. The SMILES string of the molecule is COC(=O)N1[C@@H]2[C@H](C[C@@]1(COCC[Si](C)(C)C)C(=O)OC)c1cc(OC)ccc1N2S(=O)(=O)c1ccccc1. The molecule has 12 heteroatoms. The number of carbonyl (C=O) groups excluding carboxylic acids is 2. The maximum Gasteiger partial charge on any atom is 0.412 e. The van der Waals surface area contributed by atoms with E-state index < -0.39 is 47.8 Å². The van der Waals surface area contributed by atoms with E-state index in [4.69, 9.17) is 18.9 Å². The third-order valence-electron chi connectivity index (χ3n) is 7.33. The number of methoxy groups -OCH3 is 3. The lowest BCUT2D eigenvalue weighted by Gasteiger charge is -2.40. The largest absolute Gasteiger partial charge is 0.497 e. The molecule has 2 aromatic rings. The molecule has 2 aromatic carbocycles. The van der Waals surface area contributed by atoms with Gasteiger partial charge >= 0.3 is 12.1 Å². The van der Waals surface area contributed by atoms with Crippen LogP contribution in [0.4, 0.5) is 10.5 Å². The number of anilines is 1. The van der Waals surface area contributed by atoms with Crippen LogP contribution in [-0.2, 0) is 29.0 Å². The first kappa shape index (κ1) is 28.9. The maximum atomic E-state index is 14.1. The molecule has 0 unspecified atom stereocenters. The van der Waals surface area contributed by atoms with Crippen LogP contribution in [0.25, 0.3) is 0 Å². The van der Waals surface area contributed by atoms with Gasteiger partial charge in [0.2, 0.25) is 0 Å². The zero-order chi connectivity index (χ0) is 28.6. The van der Waals surface area contributed by atoms with Crippen LogP contribution in [0.2, 0.25) is 25.7 Å². The zero-order valence-corrected chi connectivity index (χ0v) is 25.0. The fraction of sp³-hybridized carbons (Fsp3) is 0.481. The van der Waals surface area contributed by atoms with Crippen molar-refractivity contribution in [2.75, 3.05) is 38.8 Å². The smallest absolute Gasteiger partial charge is 0.412 e. The third kappa shape index (κ3) is 5.12. The van der Waals surface area contributed by atoms with Gasteiger partial charge in [0, 0.05) is 20.6 Å². The minimum atomic E-state index is -4.17. The second kappa shape index (κ2) is 10.8. The average molecular weight is 577 g/mol. The number of ether oxygens (including phenoxy) is 4. The lowest BCUT2D eigenvalue weighted by molar-refractivity contribution is -0.157. The monoisotopic (exact) mass is 576 g/mol. The van der Waals surface area contributed by atoms with Gasteiger partial charge in [0.15, 0.2) is 5.54 Å². The first-order chi connectivity index (χ1) is 18.4. The molecular formula is C27H36N2O8SSi. The van der Waals surface area contributed by atoms with Crippen molar-refractivity contribution in [1.29, 1.82) is 0 Å². The van der Waals surface area contributed by atoms with Crippen LogP contribution in [0, 0.1) is 0 Å². The van der Waals surface area contributed by atoms with E-state index in [0.717, 1.165) is 6.04 Å². The molecule has 10 nitrogen and oxygen atoms in total. The predicted molar refractivity (Wildman–Crippen MR) is 148 cm³/mol. The molecule has 1 saturated heterocycles. The Hall–Kier alpha value is -3.09. The van der Waals surface area contributed by atoms with Crippen molar-refractivity contribution in [3.8, 4) is 5.75 Å². The molecular weight excluding hydrogens is 540 g/mol. The predicted octanol–water partition coefficient (Wildman–Crippen LogP) is 4.05. The van der Waals surface area contributed by atoms with Crippen LogP contribution >= 0.6 is 0 Å². The van der Waals surface area contributed by atoms with E-state index in [1.165, 1.54) is 42.7 Å². The Morgan fingerprint density at radius 3 is 2.31 bits per heavy atom. The summed E-state index contributed by atoms with van der Waals surface area (Å²) in [5, 5.41) is 0. The first-order valence-corrected chi connectivity index (χ1v) is 17.9. The molecule has 1 fully saturated rings. The van der Waals surface area contributed by atoms with Gasteiger partial charge in [-0.25, -0.2) is 22.3 Å². The maximum absolute atomic E-state index is 14.1. The number of amides is 1. The Kier molecular flexibility index (Phi) is 8.02. The van der Waals surface area contributed by atoms with Crippen molar-refractivity contribution in [2.24, 2.45) is 0 Å². The van der Waals surface area contributed by atoms with Crippen LogP contribution in [0.3, 0.4) is 0 Å². The highest BCUT2D eigenvalue weighted by atomic mass is 32.2. The van der Waals surface area contributed by atoms with Gasteiger partial charge in [-0.3, -0.25) is 4.90 Å². The molecule has 2 aliphatic rings. The minimum Gasteiger partial charge on any atom is -0.497 e. The van der Waals surface area contributed by atoms with Crippen molar-refractivity contribution >= 4 is 35.8 Å². The van der Waals surface area contributed by atoms with Gasteiger partial charge in [-0.1, -0.05) is 37.8 Å². The number of esters is 1. The molecule has 0 bridgehead atoms. The highest BCUT2D eigenvalue weighted by molar-refractivity contribution is 7.92. The molecule has 3 atom stereocenters. The number of benzene rings is 2. The Morgan fingerprint density at radius 1 is 1.03 bits per heavy atom. The van der Waals surface area contributed by atoms with Crippen LogP contribution in [0.5, 0.6) is 5.75 Å². The standard InChI is InChI=1S/C27H36N2O8SSi/c1-34-19-12-13-23-21(16-19)22-17-27(25(30)35-2,18-37-14-15-39(4,5)6)28(26(31)36-3)24(22)29(23)38(32,33)20-10-8-7-9-11-20/h7-13,16,22,24H,14-15,17-18H2,1-6H3/t22-,24+,27-/m1/s1. The molecule has 212 valence electrons. The van der Waals surface area contributed by atoms with Crippen LogP contribution in [0.1, 0.15) is 17.9 Å². The summed E-state index contributed by atoms with van der Waals surface area (Å²) < 4.78 is 51.3. The summed E-state index contributed by atoms with van der Waals surface area (Å²) in [5.41, 5.74) is -0.565. The molecule has 2 aliphatic heterocycles. The summed E-state index contributed by atoms with van der Waals surface area (Å²) in [7, 11) is -1.65.